The summed E-state index contributed by atoms with van der Waals surface area (Å²) in [7, 11) is 0. The van der Waals surface area contributed by atoms with Gasteiger partial charge in [0, 0.05) is 21.2 Å². The van der Waals surface area contributed by atoms with E-state index in [-0.39, 0.29) is 5.91 Å². The van der Waals surface area contributed by atoms with Crippen LogP contribution in [0.1, 0.15) is 15.4 Å². The van der Waals surface area contributed by atoms with Gasteiger partial charge in [-0.25, -0.2) is 0 Å². The summed E-state index contributed by atoms with van der Waals surface area (Å²) in [5, 5.41) is 4.94. The largest absolute Gasteiger partial charge is 0.459 e. The highest BCUT2D eigenvalue weighted by atomic mass is 32.1. The zero-order valence-corrected chi connectivity index (χ0v) is 12.3. The maximum Gasteiger partial charge on any atom is 0.286 e. The van der Waals surface area contributed by atoms with Gasteiger partial charge in [0.1, 0.15) is 0 Å². The van der Waals surface area contributed by atoms with Gasteiger partial charge in [0.05, 0.1) is 6.26 Å². The third-order valence-corrected chi connectivity index (χ3v) is 5.04. The van der Waals surface area contributed by atoms with Crippen molar-refractivity contribution in [2.24, 2.45) is 0 Å². The molecule has 0 aromatic carbocycles. The SMILES string of the molecule is O=C(NCCc1ccc(-c2cccs2)s1)c1ccco1. The van der Waals surface area contributed by atoms with Crippen LogP contribution in [-0.4, -0.2) is 12.5 Å². The van der Waals surface area contributed by atoms with E-state index in [0.29, 0.717) is 12.3 Å². The maximum atomic E-state index is 11.7. The van der Waals surface area contributed by atoms with Crippen LogP contribution in [0, 0.1) is 0 Å². The van der Waals surface area contributed by atoms with Gasteiger partial charge in [-0.1, -0.05) is 6.07 Å². The Bertz CT molecular complexity index is 669. The topological polar surface area (TPSA) is 42.2 Å². The summed E-state index contributed by atoms with van der Waals surface area (Å²) in [6.45, 7) is 0.615. The molecule has 0 atom stereocenters. The first-order chi connectivity index (χ1) is 9.83. The number of nitrogens with one attached hydrogen (secondary N) is 1. The maximum absolute atomic E-state index is 11.7. The zero-order chi connectivity index (χ0) is 13.8. The number of rotatable bonds is 5. The lowest BCUT2D eigenvalue weighted by molar-refractivity contribution is 0.0926. The molecule has 20 heavy (non-hydrogen) atoms. The molecule has 5 heteroatoms. The molecule has 0 radical (unpaired) electrons. The monoisotopic (exact) mass is 303 g/mol. The van der Waals surface area contributed by atoms with Crippen molar-refractivity contribution >= 4 is 28.6 Å². The summed E-state index contributed by atoms with van der Waals surface area (Å²) in [5.41, 5.74) is 0. The number of hydrogen-bond donors (Lipinski definition) is 1. The van der Waals surface area contributed by atoms with Crippen LogP contribution >= 0.6 is 22.7 Å². The van der Waals surface area contributed by atoms with Crippen molar-refractivity contribution in [3.63, 3.8) is 0 Å². The number of hydrogen-bond acceptors (Lipinski definition) is 4. The quantitative estimate of drug-likeness (QED) is 0.773. The van der Waals surface area contributed by atoms with Crippen molar-refractivity contribution in [1.29, 1.82) is 0 Å². The summed E-state index contributed by atoms with van der Waals surface area (Å²) in [6, 6.07) is 11.8. The predicted molar refractivity (Wildman–Crippen MR) is 82.4 cm³/mol. The van der Waals surface area contributed by atoms with Gasteiger partial charge in [0.15, 0.2) is 5.76 Å². The summed E-state index contributed by atoms with van der Waals surface area (Å²) < 4.78 is 5.04. The van der Waals surface area contributed by atoms with Crippen LogP contribution < -0.4 is 5.32 Å². The Morgan fingerprint density at radius 3 is 2.85 bits per heavy atom. The molecule has 0 spiro atoms. The van der Waals surface area contributed by atoms with Crippen LogP contribution in [0.4, 0.5) is 0 Å². The molecule has 1 amide bonds. The molecule has 0 aliphatic carbocycles. The van der Waals surface area contributed by atoms with Crippen LogP contribution in [0.15, 0.2) is 52.5 Å². The molecule has 1 N–H and O–H groups in total. The minimum Gasteiger partial charge on any atom is -0.459 e. The Hall–Kier alpha value is -1.85. The molecule has 0 saturated heterocycles. The molecule has 102 valence electrons. The number of furan rings is 1. The van der Waals surface area contributed by atoms with E-state index < -0.39 is 0 Å². The molecule has 0 saturated carbocycles. The Kier molecular flexibility index (Phi) is 3.99. The normalized spacial score (nSPS) is 10.6. The van der Waals surface area contributed by atoms with Crippen LogP contribution in [0.2, 0.25) is 0 Å². The summed E-state index contributed by atoms with van der Waals surface area (Å²) in [4.78, 5) is 15.5. The molecule has 3 aromatic heterocycles. The molecule has 0 aliphatic heterocycles. The highest BCUT2D eigenvalue weighted by molar-refractivity contribution is 7.21. The smallest absolute Gasteiger partial charge is 0.286 e. The molecule has 0 bridgehead atoms. The van der Waals surface area contributed by atoms with Gasteiger partial charge in [0.25, 0.3) is 5.91 Å². The lowest BCUT2D eigenvalue weighted by atomic mass is 10.3. The lowest BCUT2D eigenvalue weighted by Crippen LogP contribution is -2.24. The van der Waals surface area contributed by atoms with E-state index in [4.69, 9.17) is 4.42 Å². The number of thiophene rings is 2. The summed E-state index contributed by atoms with van der Waals surface area (Å²) in [6.07, 6.45) is 2.34. The third-order valence-electron chi connectivity index (χ3n) is 2.83. The molecule has 3 aromatic rings. The average Bonchev–Trinajstić information content (AvgIpc) is 3.20. The number of carbonyl (C=O) groups is 1. The second-order valence-corrected chi connectivity index (χ2v) is 6.34. The van der Waals surface area contributed by atoms with E-state index >= 15 is 0 Å². The van der Waals surface area contributed by atoms with Crippen molar-refractivity contribution in [3.8, 4) is 9.75 Å². The van der Waals surface area contributed by atoms with E-state index in [2.05, 4.69) is 35.0 Å². The van der Waals surface area contributed by atoms with E-state index in [0.717, 1.165) is 6.42 Å². The first kappa shape index (κ1) is 13.1. The Morgan fingerprint density at radius 1 is 1.15 bits per heavy atom. The van der Waals surface area contributed by atoms with Gasteiger partial charge in [-0.3, -0.25) is 4.79 Å². The molecular weight excluding hydrogens is 290 g/mol. The highest BCUT2D eigenvalue weighted by Gasteiger charge is 2.08. The van der Waals surface area contributed by atoms with Gasteiger partial charge in [-0.15, -0.1) is 22.7 Å². The van der Waals surface area contributed by atoms with Gasteiger partial charge < -0.3 is 9.73 Å². The van der Waals surface area contributed by atoms with Crippen molar-refractivity contribution in [2.45, 2.75) is 6.42 Å². The first-order valence-corrected chi connectivity index (χ1v) is 7.97. The standard InChI is InChI=1S/C15H13NO2S2/c17-15(12-3-1-9-18-12)16-8-7-11-5-6-14(20-11)13-4-2-10-19-13/h1-6,9-10H,7-8H2,(H,16,17). The van der Waals surface area contributed by atoms with Crippen molar-refractivity contribution in [2.75, 3.05) is 6.54 Å². The Labute approximate surface area is 124 Å². The van der Waals surface area contributed by atoms with Crippen molar-refractivity contribution in [1.82, 2.24) is 5.32 Å². The number of amides is 1. The van der Waals surface area contributed by atoms with E-state index in [1.165, 1.54) is 20.9 Å². The highest BCUT2D eigenvalue weighted by Crippen LogP contribution is 2.31. The molecule has 3 rings (SSSR count). The van der Waals surface area contributed by atoms with Gasteiger partial charge in [0.2, 0.25) is 0 Å². The van der Waals surface area contributed by atoms with Crippen molar-refractivity contribution < 1.29 is 9.21 Å². The minimum absolute atomic E-state index is 0.162. The summed E-state index contributed by atoms with van der Waals surface area (Å²) in [5.74, 6) is 0.195. The average molecular weight is 303 g/mol. The molecule has 0 unspecified atom stereocenters. The molecule has 3 heterocycles. The summed E-state index contributed by atoms with van der Waals surface area (Å²) >= 11 is 3.52. The molecule has 0 fully saturated rings. The van der Waals surface area contributed by atoms with Gasteiger partial charge in [-0.2, -0.15) is 0 Å². The second kappa shape index (κ2) is 6.07. The van der Waals surface area contributed by atoms with E-state index in [1.807, 2.05) is 0 Å². The zero-order valence-electron chi connectivity index (χ0n) is 10.7. The molecule has 3 nitrogen and oxygen atoms in total. The molecular formula is C15H13NO2S2. The van der Waals surface area contributed by atoms with Gasteiger partial charge in [-0.05, 0) is 42.1 Å². The van der Waals surface area contributed by atoms with Crippen LogP contribution in [0.5, 0.6) is 0 Å². The fraction of sp³-hybridized carbons (Fsp3) is 0.133. The third kappa shape index (κ3) is 3.00. The first-order valence-electron chi connectivity index (χ1n) is 6.27. The lowest BCUT2D eigenvalue weighted by Gasteiger charge is -2.01. The predicted octanol–water partition coefficient (Wildman–Crippen LogP) is 4.04. The van der Waals surface area contributed by atoms with Crippen LogP contribution in [0.25, 0.3) is 9.75 Å². The van der Waals surface area contributed by atoms with Crippen LogP contribution in [0.3, 0.4) is 0 Å². The Morgan fingerprint density at radius 2 is 2.10 bits per heavy atom. The van der Waals surface area contributed by atoms with Gasteiger partial charge >= 0.3 is 0 Å². The van der Waals surface area contributed by atoms with Crippen LogP contribution in [-0.2, 0) is 6.42 Å². The molecule has 0 aliphatic rings. The Balaban J connectivity index is 1.53. The fourth-order valence-corrected chi connectivity index (χ4v) is 3.70. The van der Waals surface area contributed by atoms with E-state index in [1.54, 1.807) is 34.8 Å². The second-order valence-electron chi connectivity index (χ2n) is 4.23. The van der Waals surface area contributed by atoms with Crippen molar-refractivity contribution in [3.05, 3.63) is 58.7 Å². The van der Waals surface area contributed by atoms with E-state index in [9.17, 15) is 4.79 Å². The minimum atomic E-state index is -0.162. The fourth-order valence-electron chi connectivity index (χ4n) is 1.86. The number of carbonyl (C=O) groups excluding carboxylic acids is 1.